The fraction of sp³-hybridized carbons (Fsp3) is 0.500. The number of pyridine rings is 1. The van der Waals surface area contributed by atoms with Crippen molar-refractivity contribution in [3.63, 3.8) is 0 Å². The van der Waals surface area contributed by atoms with Crippen LogP contribution >= 0.6 is 0 Å². The van der Waals surface area contributed by atoms with Crippen LogP contribution < -0.4 is 10.5 Å². The first-order chi connectivity index (χ1) is 17.1. The van der Waals surface area contributed by atoms with Crippen LogP contribution in [-0.4, -0.2) is 44.4 Å². The molecule has 1 fully saturated rings. The fourth-order valence-corrected chi connectivity index (χ4v) is 5.21. The van der Waals surface area contributed by atoms with Crippen LogP contribution in [0.1, 0.15) is 50.8 Å². The summed E-state index contributed by atoms with van der Waals surface area (Å²) in [6, 6.07) is 9.30. The summed E-state index contributed by atoms with van der Waals surface area (Å²) >= 11 is 0. The fourth-order valence-electron chi connectivity index (χ4n) is 5.21. The molecule has 0 N–H and O–H groups in total. The van der Waals surface area contributed by atoms with Crippen LogP contribution in [-0.2, 0) is 19.8 Å². The molecule has 1 aliphatic heterocycles. The minimum atomic E-state index is -4.36. The molecule has 192 valence electrons. The zero-order valence-electron chi connectivity index (χ0n) is 21.0. The number of alkyl halides is 3. The lowest BCUT2D eigenvalue weighted by atomic mass is 9.96. The number of anilines is 1. The van der Waals surface area contributed by atoms with E-state index in [9.17, 15) is 18.0 Å². The van der Waals surface area contributed by atoms with Gasteiger partial charge in [0.25, 0.3) is 5.56 Å². The Kier molecular flexibility index (Phi) is 7.14. The molecular formula is C26H31F3N6O. The van der Waals surface area contributed by atoms with Crippen molar-refractivity contribution >= 4 is 16.7 Å². The quantitative estimate of drug-likeness (QED) is 0.490. The first kappa shape index (κ1) is 25.8. The minimum Gasteiger partial charge on any atom is -0.364 e. The van der Waals surface area contributed by atoms with Crippen LogP contribution in [0.3, 0.4) is 0 Å². The van der Waals surface area contributed by atoms with E-state index in [2.05, 4.69) is 34.8 Å². The maximum Gasteiger partial charge on any atom is 0.416 e. The van der Waals surface area contributed by atoms with Crippen molar-refractivity contribution in [2.75, 3.05) is 18.0 Å². The molecule has 10 heteroatoms. The lowest BCUT2D eigenvalue weighted by molar-refractivity contribution is -0.137. The van der Waals surface area contributed by atoms with Crippen LogP contribution in [0.15, 0.2) is 41.3 Å². The molecule has 0 radical (unpaired) electrons. The minimum absolute atomic E-state index is 0.0630. The summed E-state index contributed by atoms with van der Waals surface area (Å²) in [5.41, 5.74) is 2.18. The van der Waals surface area contributed by atoms with Gasteiger partial charge in [-0.1, -0.05) is 26.0 Å². The highest BCUT2D eigenvalue weighted by Crippen LogP contribution is 2.35. The monoisotopic (exact) mass is 500 g/mol. The number of fused-ring (bicyclic) bond motifs is 1. The summed E-state index contributed by atoms with van der Waals surface area (Å²) < 4.78 is 42.2. The highest BCUT2D eigenvalue weighted by molar-refractivity contribution is 5.88. The van der Waals surface area contributed by atoms with Gasteiger partial charge < -0.3 is 9.47 Å². The molecule has 3 aromatic rings. The highest BCUT2D eigenvalue weighted by Gasteiger charge is 2.37. The number of aryl methyl sites for hydroxylation is 1. The largest absolute Gasteiger partial charge is 0.416 e. The second-order valence-electron chi connectivity index (χ2n) is 9.41. The predicted molar refractivity (Wildman–Crippen MR) is 133 cm³/mol. The van der Waals surface area contributed by atoms with Crippen molar-refractivity contribution in [3.05, 3.63) is 58.0 Å². The molecule has 36 heavy (non-hydrogen) atoms. The number of rotatable bonds is 6. The second-order valence-corrected chi connectivity index (χ2v) is 9.41. The number of nitriles is 1. The van der Waals surface area contributed by atoms with Gasteiger partial charge in [-0.05, 0) is 37.5 Å². The van der Waals surface area contributed by atoms with Crippen molar-refractivity contribution in [3.8, 4) is 6.07 Å². The van der Waals surface area contributed by atoms with Gasteiger partial charge in [0.15, 0.2) is 0 Å². The van der Waals surface area contributed by atoms with Crippen molar-refractivity contribution in [1.82, 2.24) is 19.2 Å². The molecule has 0 amide bonds. The first-order valence-corrected chi connectivity index (χ1v) is 12.2. The lowest BCUT2D eigenvalue weighted by Crippen LogP contribution is -2.58. The van der Waals surface area contributed by atoms with Crippen molar-refractivity contribution < 1.29 is 13.2 Å². The molecule has 0 unspecified atom stereocenters. The Morgan fingerprint density at radius 3 is 2.39 bits per heavy atom. The van der Waals surface area contributed by atoms with Gasteiger partial charge in [-0.3, -0.25) is 14.4 Å². The summed E-state index contributed by atoms with van der Waals surface area (Å²) in [6.45, 7) is 7.68. The van der Waals surface area contributed by atoms with Crippen molar-refractivity contribution in [1.29, 1.82) is 5.26 Å². The molecule has 0 saturated carbocycles. The Hall–Kier alpha value is -3.32. The molecule has 3 heterocycles. The lowest BCUT2D eigenvalue weighted by Gasteiger charge is -2.49. The normalized spacial score (nSPS) is 20.0. The molecule has 7 nitrogen and oxygen atoms in total. The Bertz CT molecular complexity index is 1320. The maximum atomic E-state index is 13.0. The van der Waals surface area contributed by atoms with E-state index in [1.165, 1.54) is 0 Å². The van der Waals surface area contributed by atoms with E-state index < -0.39 is 11.7 Å². The number of hydrogen-bond acceptors (Lipinski definition) is 5. The van der Waals surface area contributed by atoms with Gasteiger partial charge >= 0.3 is 6.18 Å². The van der Waals surface area contributed by atoms with Crippen LogP contribution in [0.25, 0.3) is 11.0 Å². The molecule has 1 aliphatic rings. The standard InChI is InChI=1S/C26H31F3N6O/c1-5-20-15-35(22-13-24(36)32(4)23-16-33(12-11-30)31-25(22)23)21(6-2)14-34(20)17(3)18-7-9-19(10-8-18)26(27,28)29/h7-10,13,16-17,20-21H,5-6,12,14-15H2,1-4H3/t17-,20+,21-/m0/s1. The van der Waals surface area contributed by atoms with E-state index in [1.54, 1.807) is 40.7 Å². The average Bonchev–Trinajstić information content (AvgIpc) is 3.29. The zero-order valence-corrected chi connectivity index (χ0v) is 21.0. The summed E-state index contributed by atoms with van der Waals surface area (Å²) in [7, 11) is 1.70. The SMILES string of the molecule is CC[C@H]1CN([C@@H](C)c2ccc(C(F)(F)F)cc2)[C@H](CC)CN1c1cc(=O)n(C)c2cn(CC#N)nc12. The van der Waals surface area contributed by atoms with Crippen molar-refractivity contribution in [2.24, 2.45) is 7.05 Å². The van der Waals surface area contributed by atoms with Crippen molar-refractivity contribution in [2.45, 2.75) is 64.5 Å². The number of nitrogens with zero attached hydrogens (tertiary/aromatic N) is 6. The van der Waals surface area contributed by atoms with E-state index in [0.29, 0.717) is 24.1 Å². The molecule has 1 saturated heterocycles. The number of piperazine rings is 1. The molecule has 1 aromatic carbocycles. The van der Waals surface area contributed by atoms with E-state index >= 15 is 0 Å². The third kappa shape index (κ3) is 4.72. The maximum absolute atomic E-state index is 13.0. The van der Waals surface area contributed by atoms with Gasteiger partial charge in [-0.2, -0.15) is 23.5 Å². The predicted octanol–water partition coefficient (Wildman–Crippen LogP) is 4.72. The molecule has 0 spiro atoms. The first-order valence-electron chi connectivity index (χ1n) is 12.2. The number of aromatic nitrogens is 3. The smallest absolute Gasteiger partial charge is 0.364 e. The molecule has 2 aromatic heterocycles. The summed E-state index contributed by atoms with van der Waals surface area (Å²) in [4.78, 5) is 17.4. The molecule has 0 aliphatic carbocycles. The number of halogens is 3. The summed E-state index contributed by atoms with van der Waals surface area (Å²) in [5.74, 6) is 0. The van der Waals surface area contributed by atoms with Crippen LogP contribution in [0.4, 0.5) is 18.9 Å². The molecule has 4 rings (SSSR count). The summed E-state index contributed by atoms with van der Waals surface area (Å²) in [6.07, 6.45) is -0.966. The van der Waals surface area contributed by atoms with Gasteiger partial charge in [-0.25, -0.2) is 0 Å². The Balaban J connectivity index is 1.68. The van der Waals surface area contributed by atoms with Crippen LogP contribution in [0.2, 0.25) is 0 Å². The van der Waals surface area contributed by atoms with Gasteiger partial charge in [0.05, 0.1) is 29.0 Å². The zero-order chi connectivity index (χ0) is 26.2. The third-order valence-electron chi connectivity index (χ3n) is 7.38. The Morgan fingerprint density at radius 2 is 1.81 bits per heavy atom. The molecule has 3 atom stereocenters. The number of hydrogen-bond donors (Lipinski definition) is 0. The topological polar surface area (TPSA) is 70.1 Å². The number of benzene rings is 1. The van der Waals surface area contributed by atoms with Gasteiger partial charge in [0.1, 0.15) is 12.1 Å². The highest BCUT2D eigenvalue weighted by atomic mass is 19.4. The second kappa shape index (κ2) is 9.97. The summed E-state index contributed by atoms with van der Waals surface area (Å²) in [5, 5.41) is 13.7. The third-order valence-corrected chi connectivity index (χ3v) is 7.38. The van der Waals surface area contributed by atoms with E-state index in [0.717, 1.165) is 36.2 Å². The molecular weight excluding hydrogens is 469 g/mol. The van der Waals surface area contributed by atoms with E-state index in [1.807, 2.05) is 6.92 Å². The average molecular weight is 501 g/mol. The van der Waals surface area contributed by atoms with E-state index in [4.69, 9.17) is 5.26 Å². The molecule has 0 bridgehead atoms. The van der Waals surface area contributed by atoms with Gasteiger partial charge in [-0.15, -0.1) is 0 Å². The Morgan fingerprint density at radius 1 is 1.14 bits per heavy atom. The van der Waals surface area contributed by atoms with Gasteiger partial charge in [0, 0.05) is 44.3 Å². The van der Waals surface area contributed by atoms with Crippen LogP contribution in [0, 0.1) is 11.3 Å². The van der Waals surface area contributed by atoms with E-state index in [-0.39, 0.29) is 30.2 Å². The van der Waals surface area contributed by atoms with Crippen LogP contribution in [0.5, 0.6) is 0 Å². The van der Waals surface area contributed by atoms with Gasteiger partial charge in [0.2, 0.25) is 0 Å². The Labute approximate surface area is 208 Å².